The lowest BCUT2D eigenvalue weighted by Crippen LogP contribution is -2.00. The highest BCUT2D eigenvalue weighted by Crippen LogP contribution is 2.19. The van der Waals surface area contributed by atoms with Gasteiger partial charge in [-0.1, -0.05) is 18.2 Å². The zero-order valence-electron chi connectivity index (χ0n) is 10.1. The lowest BCUT2D eigenvalue weighted by molar-refractivity contribution is 1.06. The van der Waals surface area contributed by atoms with Crippen molar-refractivity contribution in [2.75, 3.05) is 5.32 Å². The van der Waals surface area contributed by atoms with Gasteiger partial charge in [-0.25, -0.2) is 4.98 Å². The highest BCUT2D eigenvalue weighted by atomic mass is 127. The number of imidazole rings is 1. The summed E-state index contributed by atoms with van der Waals surface area (Å²) >= 11 is 2.29. The summed E-state index contributed by atoms with van der Waals surface area (Å²) in [7, 11) is 0. The number of nitrogens with zero attached hydrogens (tertiary/aromatic N) is 2. The summed E-state index contributed by atoms with van der Waals surface area (Å²) < 4.78 is 3.24. The maximum absolute atomic E-state index is 4.36. The molecule has 19 heavy (non-hydrogen) atoms. The quantitative estimate of drug-likeness (QED) is 0.708. The fourth-order valence-corrected chi connectivity index (χ4v) is 2.21. The van der Waals surface area contributed by atoms with Crippen LogP contribution in [0.5, 0.6) is 0 Å². The van der Waals surface area contributed by atoms with Crippen LogP contribution in [0.1, 0.15) is 0 Å². The van der Waals surface area contributed by atoms with Gasteiger partial charge in [-0.3, -0.25) is 4.57 Å². The molecule has 0 atom stereocenters. The molecule has 0 radical (unpaired) electrons. The third-order valence-electron chi connectivity index (χ3n) is 2.78. The molecule has 4 heteroatoms. The summed E-state index contributed by atoms with van der Waals surface area (Å²) in [5.74, 6) is 0.812. The number of para-hydroxylation sites is 1. The summed E-state index contributed by atoms with van der Waals surface area (Å²) in [5, 5.41) is 3.33. The Kier molecular flexibility index (Phi) is 3.50. The first kappa shape index (κ1) is 12.2. The molecule has 94 valence electrons. The van der Waals surface area contributed by atoms with Crippen LogP contribution < -0.4 is 5.32 Å². The monoisotopic (exact) mass is 361 g/mol. The van der Waals surface area contributed by atoms with Gasteiger partial charge in [0.1, 0.15) is 0 Å². The average molecular weight is 361 g/mol. The molecule has 0 unspecified atom stereocenters. The van der Waals surface area contributed by atoms with E-state index in [4.69, 9.17) is 0 Å². The molecule has 0 fully saturated rings. The summed E-state index contributed by atoms with van der Waals surface area (Å²) in [6.07, 6.45) is 3.74. The number of nitrogens with one attached hydrogen (secondary N) is 1. The van der Waals surface area contributed by atoms with Crippen LogP contribution in [-0.2, 0) is 0 Å². The molecule has 0 saturated carbocycles. The summed E-state index contributed by atoms with van der Waals surface area (Å²) in [4.78, 5) is 4.36. The molecule has 0 aliphatic heterocycles. The predicted molar refractivity (Wildman–Crippen MR) is 86.0 cm³/mol. The van der Waals surface area contributed by atoms with E-state index in [0.29, 0.717) is 0 Å². The molecule has 1 aromatic heterocycles. The normalized spacial score (nSPS) is 10.4. The van der Waals surface area contributed by atoms with Crippen molar-refractivity contribution in [3.05, 3.63) is 70.6 Å². The van der Waals surface area contributed by atoms with E-state index in [1.54, 1.807) is 6.20 Å². The molecule has 0 amide bonds. The minimum atomic E-state index is 0.812. The van der Waals surface area contributed by atoms with Crippen LogP contribution in [0.4, 0.5) is 11.6 Å². The second-order valence-electron chi connectivity index (χ2n) is 4.09. The van der Waals surface area contributed by atoms with E-state index in [-0.39, 0.29) is 0 Å². The number of hydrogen-bond acceptors (Lipinski definition) is 2. The molecule has 0 bridgehead atoms. The predicted octanol–water partition coefficient (Wildman–Crippen LogP) is 4.22. The van der Waals surface area contributed by atoms with Crippen molar-refractivity contribution in [1.82, 2.24) is 9.55 Å². The van der Waals surface area contributed by atoms with Crippen molar-refractivity contribution >= 4 is 34.2 Å². The van der Waals surface area contributed by atoms with Crippen LogP contribution in [0.3, 0.4) is 0 Å². The first-order valence-corrected chi connectivity index (χ1v) is 7.02. The minimum Gasteiger partial charge on any atom is -0.325 e. The second-order valence-corrected chi connectivity index (χ2v) is 5.33. The number of benzene rings is 2. The number of halogens is 1. The van der Waals surface area contributed by atoms with Crippen LogP contribution in [0.15, 0.2) is 67.0 Å². The van der Waals surface area contributed by atoms with Crippen molar-refractivity contribution in [3.8, 4) is 5.69 Å². The molecular weight excluding hydrogens is 349 g/mol. The minimum absolute atomic E-state index is 0.812. The third-order valence-corrected chi connectivity index (χ3v) is 3.49. The van der Waals surface area contributed by atoms with Gasteiger partial charge in [0, 0.05) is 27.3 Å². The lowest BCUT2D eigenvalue weighted by atomic mass is 10.3. The van der Waals surface area contributed by atoms with Crippen LogP contribution >= 0.6 is 22.6 Å². The number of anilines is 2. The van der Waals surface area contributed by atoms with E-state index in [9.17, 15) is 0 Å². The van der Waals surface area contributed by atoms with Crippen LogP contribution in [0.25, 0.3) is 5.69 Å². The van der Waals surface area contributed by atoms with Crippen molar-refractivity contribution in [1.29, 1.82) is 0 Å². The van der Waals surface area contributed by atoms with Gasteiger partial charge in [0.25, 0.3) is 0 Å². The van der Waals surface area contributed by atoms with Crippen molar-refractivity contribution in [2.24, 2.45) is 0 Å². The second kappa shape index (κ2) is 5.44. The zero-order valence-corrected chi connectivity index (χ0v) is 12.3. The van der Waals surface area contributed by atoms with Crippen LogP contribution in [-0.4, -0.2) is 9.55 Å². The Morgan fingerprint density at radius 1 is 0.947 bits per heavy atom. The fraction of sp³-hybridized carbons (Fsp3) is 0. The first-order valence-electron chi connectivity index (χ1n) is 5.94. The van der Waals surface area contributed by atoms with Crippen LogP contribution in [0, 0.1) is 3.57 Å². The molecule has 3 nitrogen and oxygen atoms in total. The Morgan fingerprint density at radius 3 is 2.42 bits per heavy atom. The maximum Gasteiger partial charge on any atom is 0.211 e. The van der Waals surface area contributed by atoms with Gasteiger partial charge in [0.2, 0.25) is 5.95 Å². The fourth-order valence-electron chi connectivity index (χ4n) is 1.86. The SMILES string of the molecule is Ic1ccc(Nc2nccn2-c2ccccc2)cc1. The Hall–Kier alpha value is -1.82. The molecule has 0 aliphatic carbocycles. The average Bonchev–Trinajstić information content (AvgIpc) is 2.90. The van der Waals surface area contributed by atoms with Gasteiger partial charge in [-0.15, -0.1) is 0 Å². The molecule has 1 heterocycles. The molecule has 2 aromatic carbocycles. The van der Waals surface area contributed by atoms with Gasteiger partial charge in [0.15, 0.2) is 0 Å². The largest absolute Gasteiger partial charge is 0.325 e. The molecule has 1 N–H and O–H groups in total. The Labute approximate surface area is 125 Å². The summed E-state index contributed by atoms with van der Waals surface area (Å²) in [5.41, 5.74) is 2.12. The van der Waals surface area contributed by atoms with Gasteiger partial charge < -0.3 is 5.32 Å². The molecule has 3 aromatic rings. The molecule has 3 rings (SSSR count). The molecule has 0 spiro atoms. The number of hydrogen-bond donors (Lipinski definition) is 1. The highest BCUT2D eigenvalue weighted by Gasteiger charge is 2.04. The van der Waals surface area contributed by atoms with E-state index in [1.807, 2.05) is 41.1 Å². The van der Waals surface area contributed by atoms with Gasteiger partial charge in [0.05, 0.1) is 0 Å². The highest BCUT2D eigenvalue weighted by molar-refractivity contribution is 14.1. The molecular formula is C15H12IN3. The molecule has 0 aliphatic rings. The number of rotatable bonds is 3. The zero-order chi connectivity index (χ0) is 13.1. The van der Waals surface area contributed by atoms with E-state index < -0.39 is 0 Å². The smallest absolute Gasteiger partial charge is 0.211 e. The van der Waals surface area contributed by atoms with Gasteiger partial charge in [-0.05, 0) is 59.0 Å². The van der Waals surface area contributed by atoms with Gasteiger partial charge >= 0.3 is 0 Å². The van der Waals surface area contributed by atoms with E-state index in [0.717, 1.165) is 17.3 Å². The third kappa shape index (κ3) is 2.78. The standard InChI is InChI=1S/C15H12IN3/c16-12-6-8-13(9-7-12)18-15-17-10-11-19(15)14-4-2-1-3-5-14/h1-11H,(H,17,18). The Bertz CT molecular complexity index is 659. The van der Waals surface area contributed by atoms with E-state index >= 15 is 0 Å². The van der Waals surface area contributed by atoms with Crippen molar-refractivity contribution in [2.45, 2.75) is 0 Å². The topological polar surface area (TPSA) is 29.9 Å². The maximum atomic E-state index is 4.36. The summed E-state index contributed by atoms with van der Waals surface area (Å²) in [6, 6.07) is 18.4. The van der Waals surface area contributed by atoms with E-state index in [1.165, 1.54) is 3.57 Å². The van der Waals surface area contributed by atoms with Crippen molar-refractivity contribution < 1.29 is 0 Å². The summed E-state index contributed by atoms with van der Waals surface area (Å²) in [6.45, 7) is 0. The van der Waals surface area contributed by atoms with Gasteiger partial charge in [-0.2, -0.15) is 0 Å². The molecule has 0 saturated heterocycles. The van der Waals surface area contributed by atoms with E-state index in [2.05, 4.69) is 57.2 Å². The Morgan fingerprint density at radius 2 is 1.68 bits per heavy atom. The Balaban J connectivity index is 1.91. The number of aromatic nitrogens is 2. The van der Waals surface area contributed by atoms with Crippen LogP contribution in [0.2, 0.25) is 0 Å². The van der Waals surface area contributed by atoms with Crippen molar-refractivity contribution in [3.63, 3.8) is 0 Å². The lowest BCUT2D eigenvalue weighted by Gasteiger charge is -2.09. The first-order chi connectivity index (χ1) is 9.33.